The molecule has 0 aliphatic rings. The molecule has 3 atom stereocenters. The fourth-order valence-corrected chi connectivity index (χ4v) is 2.21. The van der Waals surface area contributed by atoms with E-state index in [-0.39, 0.29) is 24.0 Å². The highest BCUT2D eigenvalue weighted by atomic mass is 16.4. The number of carboxylic acid groups (broad SMARTS) is 1. The zero-order valence-corrected chi connectivity index (χ0v) is 15.8. The molecule has 3 amide bonds. The Kier molecular flexibility index (Phi) is 10.9. The quantitative estimate of drug-likeness (QED) is 0.355. The zero-order valence-electron chi connectivity index (χ0n) is 15.8. The van der Waals surface area contributed by atoms with Crippen LogP contribution in [0.4, 0.5) is 0 Å². The van der Waals surface area contributed by atoms with E-state index in [1.807, 2.05) is 0 Å². The van der Waals surface area contributed by atoms with Gasteiger partial charge in [-0.05, 0) is 26.2 Å². The second-order valence-electron chi connectivity index (χ2n) is 6.37. The average molecular weight is 371 g/mol. The van der Waals surface area contributed by atoms with E-state index in [0.717, 1.165) is 0 Å². The molecule has 0 heterocycles. The number of aliphatic carboxylic acids is 1. The van der Waals surface area contributed by atoms with Gasteiger partial charge < -0.3 is 21.1 Å². The van der Waals surface area contributed by atoms with Gasteiger partial charge in [0.15, 0.2) is 5.78 Å². The summed E-state index contributed by atoms with van der Waals surface area (Å²) in [4.78, 5) is 57.2. The van der Waals surface area contributed by atoms with Crippen molar-refractivity contribution in [3.63, 3.8) is 0 Å². The predicted molar refractivity (Wildman–Crippen MR) is 94.2 cm³/mol. The summed E-state index contributed by atoms with van der Waals surface area (Å²) in [6.45, 7) is 6.09. The molecule has 4 N–H and O–H groups in total. The maximum Gasteiger partial charge on any atom is 0.306 e. The van der Waals surface area contributed by atoms with E-state index in [0.29, 0.717) is 25.8 Å². The average Bonchev–Trinajstić information content (AvgIpc) is 2.52. The lowest BCUT2D eigenvalue weighted by atomic mass is 10.0. The van der Waals surface area contributed by atoms with Crippen LogP contribution >= 0.6 is 0 Å². The molecule has 0 unspecified atom stereocenters. The molecular weight excluding hydrogens is 342 g/mol. The second kappa shape index (κ2) is 12.0. The van der Waals surface area contributed by atoms with E-state index >= 15 is 0 Å². The monoisotopic (exact) mass is 371 g/mol. The third kappa shape index (κ3) is 10.4. The maximum absolute atomic E-state index is 12.3. The molecule has 0 aliphatic carbocycles. The van der Waals surface area contributed by atoms with Gasteiger partial charge in [0.25, 0.3) is 0 Å². The van der Waals surface area contributed by atoms with Crippen LogP contribution in [0.5, 0.6) is 0 Å². The molecule has 0 bridgehead atoms. The van der Waals surface area contributed by atoms with Gasteiger partial charge in [-0.3, -0.25) is 24.0 Å². The molecule has 0 radical (unpaired) electrons. The van der Waals surface area contributed by atoms with Crippen molar-refractivity contribution in [2.24, 2.45) is 5.92 Å². The van der Waals surface area contributed by atoms with Crippen LogP contribution in [-0.2, 0) is 24.0 Å². The standard InChI is InChI=1S/C17H29N3O6/c1-10(17(25)26)9-15(23)11(2)19-16(24)14(20-13(4)22)7-5-6-8-18-12(3)21/h10-11,14H,5-9H2,1-4H3,(H,18,21)(H,19,24)(H,20,22)(H,25,26)/t10-,11+,14-/m0/s1. The number of unbranched alkanes of at least 4 members (excludes halogenated alkanes) is 1. The highest BCUT2D eigenvalue weighted by molar-refractivity contribution is 5.93. The van der Waals surface area contributed by atoms with Gasteiger partial charge in [-0.2, -0.15) is 0 Å². The lowest BCUT2D eigenvalue weighted by molar-refractivity contribution is -0.143. The van der Waals surface area contributed by atoms with Gasteiger partial charge in [-0.15, -0.1) is 0 Å². The first kappa shape index (κ1) is 23.5. The first-order valence-electron chi connectivity index (χ1n) is 8.62. The summed E-state index contributed by atoms with van der Waals surface area (Å²) in [5, 5.41) is 16.5. The largest absolute Gasteiger partial charge is 0.481 e. The van der Waals surface area contributed by atoms with Gasteiger partial charge in [0.1, 0.15) is 6.04 Å². The van der Waals surface area contributed by atoms with E-state index in [1.54, 1.807) is 0 Å². The van der Waals surface area contributed by atoms with Crippen molar-refractivity contribution in [2.75, 3.05) is 6.54 Å². The minimum atomic E-state index is -1.08. The van der Waals surface area contributed by atoms with Gasteiger partial charge in [-0.1, -0.05) is 6.92 Å². The van der Waals surface area contributed by atoms with Gasteiger partial charge in [0.05, 0.1) is 12.0 Å². The summed E-state index contributed by atoms with van der Waals surface area (Å²) < 4.78 is 0. The molecule has 0 saturated carbocycles. The van der Waals surface area contributed by atoms with E-state index in [1.165, 1.54) is 27.7 Å². The van der Waals surface area contributed by atoms with E-state index < -0.39 is 29.9 Å². The van der Waals surface area contributed by atoms with Crippen molar-refractivity contribution in [2.45, 2.75) is 65.5 Å². The summed E-state index contributed by atoms with van der Waals surface area (Å²) in [6.07, 6.45) is 1.42. The Labute approximate surface area is 153 Å². The van der Waals surface area contributed by atoms with Crippen LogP contribution in [0.15, 0.2) is 0 Å². The van der Waals surface area contributed by atoms with Crippen LogP contribution in [0.2, 0.25) is 0 Å². The molecule has 0 aromatic carbocycles. The van der Waals surface area contributed by atoms with Crippen LogP contribution in [-0.4, -0.2) is 53.2 Å². The molecule has 9 heteroatoms. The third-order valence-electron chi connectivity index (χ3n) is 3.76. The Bertz CT molecular complexity index is 535. The van der Waals surface area contributed by atoms with E-state index in [4.69, 9.17) is 5.11 Å². The molecule has 0 spiro atoms. The van der Waals surface area contributed by atoms with Crippen molar-refractivity contribution >= 4 is 29.5 Å². The molecular formula is C17H29N3O6. The lowest BCUT2D eigenvalue weighted by Gasteiger charge is -2.21. The third-order valence-corrected chi connectivity index (χ3v) is 3.76. The fourth-order valence-electron chi connectivity index (χ4n) is 2.21. The number of hydrogen-bond acceptors (Lipinski definition) is 5. The summed E-state index contributed by atoms with van der Waals surface area (Å²) in [6, 6.07) is -1.64. The Hall–Kier alpha value is -2.45. The molecule has 0 aromatic heterocycles. The number of nitrogens with one attached hydrogen (secondary N) is 3. The minimum Gasteiger partial charge on any atom is -0.481 e. The number of rotatable bonds is 12. The number of hydrogen-bond donors (Lipinski definition) is 4. The highest BCUT2D eigenvalue weighted by Gasteiger charge is 2.25. The van der Waals surface area contributed by atoms with Crippen LogP contribution < -0.4 is 16.0 Å². The Morgan fingerprint density at radius 2 is 1.54 bits per heavy atom. The summed E-state index contributed by atoms with van der Waals surface area (Å²) in [7, 11) is 0. The molecule has 9 nitrogen and oxygen atoms in total. The molecule has 0 saturated heterocycles. The number of Topliss-reactive ketones (excluding diaryl/α,β-unsaturated/α-hetero) is 1. The number of carbonyl (C=O) groups is 5. The van der Waals surface area contributed by atoms with Crippen molar-refractivity contribution in [1.29, 1.82) is 0 Å². The maximum atomic E-state index is 12.3. The van der Waals surface area contributed by atoms with Crippen LogP contribution in [0.25, 0.3) is 0 Å². The van der Waals surface area contributed by atoms with Crippen molar-refractivity contribution in [3.05, 3.63) is 0 Å². The van der Waals surface area contributed by atoms with E-state index in [9.17, 15) is 24.0 Å². The zero-order chi connectivity index (χ0) is 20.3. The normalized spacial score (nSPS) is 13.8. The van der Waals surface area contributed by atoms with Crippen molar-refractivity contribution < 1.29 is 29.1 Å². The molecule has 0 rings (SSSR count). The number of carboxylic acids is 1. The van der Waals surface area contributed by atoms with Crippen molar-refractivity contribution in [1.82, 2.24) is 16.0 Å². The van der Waals surface area contributed by atoms with Gasteiger partial charge >= 0.3 is 5.97 Å². The molecule has 26 heavy (non-hydrogen) atoms. The van der Waals surface area contributed by atoms with Gasteiger partial charge in [0, 0.05) is 26.8 Å². The molecule has 0 fully saturated rings. The Balaban J connectivity index is 4.56. The summed E-state index contributed by atoms with van der Waals surface area (Å²) in [5.41, 5.74) is 0. The predicted octanol–water partition coefficient (Wildman–Crippen LogP) is -0.0179. The van der Waals surface area contributed by atoms with Crippen LogP contribution in [0.1, 0.15) is 53.4 Å². The van der Waals surface area contributed by atoms with Crippen LogP contribution in [0.3, 0.4) is 0 Å². The number of amides is 3. The molecule has 0 aliphatic heterocycles. The highest BCUT2D eigenvalue weighted by Crippen LogP contribution is 2.06. The van der Waals surface area contributed by atoms with Gasteiger partial charge in [-0.25, -0.2) is 0 Å². The molecule has 0 aromatic rings. The van der Waals surface area contributed by atoms with Crippen LogP contribution in [0, 0.1) is 5.92 Å². The minimum absolute atomic E-state index is 0.135. The Morgan fingerprint density at radius 1 is 0.923 bits per heavy atom. The summed E-state index contributed by atoms with van der Waals surface area (Å²) >= 11 is 0. The summed E-state index contributed by atoms with van der Waals surface area (Å²) in [5.74, 6) is -3.30. The number of carbonyl (C=O) groups excluding carboxylic acids is 4. The Morgan fingerprint density at radius 3 is 2.04 bits per heavy atom. The van der Waals surface area contributed by atoms with E-state index in [2.05, 4.69) is 16.0 Å². The lowest BCUT2D eigenvalue weighted by Crippen LogP contribution is -2.50. The second-order valence-corrected chi connectivity index (χ2v) is 6.37. The first-order chi connectivity index (χ1) is 12.0. The van der Waals surface area contributed by atoms with Gasteiger partial charge in [0.2, 0.25) is 17.7 Å². The fraction of sp³-hybridized carbons (Fsp3) is 0.706. The SMILES string of the molecule is CC(=O)NCCCC[C@H](NC(C)=O)C(=O)N[C@H](C)C(=O)C[C@H](C)C(=O)O. The number of ketones is 1. The van der Waals surface area contributed by atoms with Crippen molar-refractivity contribution in [3.8, 4) is 0 Å². The first-order valence-corrected chi connectivity index (χ1v) is 8.62. The molecule has 148 valence electrons. The topological polar surface area (TPSA) is 142 Å². The smallest absolute Gasteiger partial charge is 0.306 e.